The molecule has 0 saturated carbocycles. The number of hydrogen-bond donors (Lipinski definition) is 3. The van der Waals surface area contributed by atoms with Crippen LogP contribution in [-0.4, -0.2) is 34.7 Å². The van der Waals surface area contributed by atoms with E-state index in [4.69, 9.17) is 0 Å². The molecule has 18 heavy (non-hydrogen) atoms. The Hall–Kier alpha value is -2.01. The normalized spacial score (nSPS) is 11.2. The van der Waals surface area contributed by atoms with Gasteiger partial charge in [-0.2, -0.15) is 13.5 Å². The highest BCUT2D eigenvalue weighted by atomic mass is 32.2. The van der Waals surface area contributed by atoms with E-state index in [9.17, 15) is 13.2 Å². The Kier molecular flexibility index (Phi) is 3.25. The lowest BCUT2D eigenvalue weighted by atomic mass is 10.7. The van der Waals surface area contributed by atoms with E-state index in [1.54, 1.807) is 0 Å². The number of anilines is 2. The number of amides is 1. The summed E-state index contributed by atoms with van der Waals surface area (Å²) in [5.41, 5.74) is 0. The lowest BCUT2D eigenvalue weighted by Crippen LogP contribution is -2.12. The van der Waals surface area contributed by atoms with Gasteiger partial charge in [0.25, 0.3) is 14.4 Å². The van der Waals surface area contributed by atoms with Crippen molar-refractivity contribution in [2.75, 3.05) is 10.0 Å². The van der Waals surface area contributed by atoms with Crippen LogP contribution in [0, 0.1) is 0 Å². The third-order valence-corrected chi connectivity index (χ3v) is 4.24. The summed E-state index contributed by atoms with van der Waals surface area (Å²) in [6.45, 7) is 1.29. The van der Waals surface area contributed by atoms with Gasteiger partial charge in [-0.15, -0.1) is 10.2 Å². The number of hydrogen-bond acceptors (Lipinski definition) is 7. The van der Waals surface area contributed by atoms with E-state index in [1.165, 1.54) is 19.2 Å². The Labute approximate surface area is 106 Å². The second kappa shape index (κ2) is 4.70. The maximum atomic E-state index is 11.8. The molecule has 96 valence electrons. The minimum Gasteiger partial charge on any atom is -0.301 e. The lowest BCUT2D eigenvalue weighted by Gasteiger charge is -2.00. The van der Waals surface area contributed by atoms with Gasteiger partial charge in [0.05, 0.1) is 6.20 Å². The number of sulfonamides is 1. The molecule has 0 aliphatic carbocycles. The number of aromatic nitrogens is 4. The van der Waals surface area contributed by atoms with Gasteiger partial charge in [0.2, 0.25) is 11.0 Å². The van der Waals surface area contributed by atoms with E-state index in [1.807, 2.05) is 0 Å². The molecule has 0 bridgehead atoms. The van der Waals surface area contributed by atoms with Crippen LogP contribution in [0.1, 0.15) is 6.92 Å². The summed E-state index contributed by atoms with van der Waals surface area (Å²) in [4.78, 5) is 10.8. The third kappa shape index (κ3) is 2.81. The highest BCUT2D eigenvalue weighted by Gasteiger charge is 2.21. The summed E-state index contributed by atoms with van der Waals surface area (Å²) in [5.74, 6) is -0.136. The number of rotatable bonds is 4. The molecule has 2 aromatic rings. The van der Waals surface area contributed by atoms with Gasteiger partial charge in [-0.25, -0.2) is 0 Å². The highest BCUT2D eigenvalue weighted by molar-refractivity contribution is 7.94. The first-order chi connectivity index (χ1) is 8.47. The Bertz CT molecular complexity index is 647. The Morgan fingerprint density at radius 2 is 2.22 bits per heavy atom. The van der Waals surface area contributed by atoms with Crippen LogP contribution in [0.25, 0.3) is 0 Å². The predicted octanol–water partition coefficient (Wildman–Crippen LogP) is 0.0204. The number of nitrogens with one attached hydrogen (secondary N) is 3. The van der Waals surface area contributed by atoms with Gasteiger partial charge in [0.1, 0.15) is 5.82 Å². The molecule has 2 heterocycles. The molecule has 0 unspecified atom stereocenters. The molecule has 9 nitrogen and oxygen atoms in total. The van der Waals surface area contributed by atoms with Crippen LogP contribution >= 0.6 is 11.3 Å². The van der Waals surface area contributed by atoms with Gasteiger partial charge in [-0.3, -0.25) is 14.6 Å². The molecular formula is C7H8N6O3S2. The van der Waals surface area contributed by atoms with Gasteiger partial charge in [-0.05, 0) is 0 Å². The topological polar surface area (TPSA) is 130 Å². The molecule has 0 saturated heterocycles. The van der Waals surface area contributed by atoms with Crippen molar-refractivity contribution in [2.45, 2.75) is 11.3 Å². The van der Waals surface area contributed by atoms with E-state index in [2.05, 4.69) is 30.4 Å². The van der Waals surface area contributed by atoms with Gasteiger partial charge in [0.15, 0.2) is 0 Å². The van der Waals surface area contributed by atoms with Crippen molar-refractivity contribution in [2.24, 2.45) is 0 Å². The Morgan fingerprint density at radius 3 is 2.83 bits per heavy atom. The summed E-state index contributed by atoms with van der Waals surface area (Å²) < 4.78 is 25.7. The van der Waals surface area contributed by atoms with Crippen LogP contribution < -0.4 is 10.0 Å². The summed E-state index contributed by atoms with van der Waals surface area (Å²) in [6.07, 6.45) is 1.40. The van der Waals surface area contributed by atoms with E-state index < -0.39 is 10.0 Å². The van der Waals surface area contributed by atoms with Gasteiger partial charge >= 0.3 is 0 Å². The van der Waals surface area contributed by atoms with E-state index in [0.717, 1.165) is 11.3 Å². The molecule has 0 spiro atoms. The summed E-state index contributed by atoms with van der Waals surface area (Å²) in [6, 6.07) is 1.45. The molecule has 2 rings (SSSR count). The van der Waals surface area contributed by atoms with Crippen molar-refractivity contribution in [1.82, 2.24) is 20.4 Å². The number of aromatic amines is 1. The largest absolute Gasteiger partial charge is 0.301 e. The molecule has 0 aliphatic rings. The summed E-state index contributed by atoms with van der Waals surface area (Å²) in [5, 5.41) is 15.6. The number of nitrogens with zero attached hydrogens (tertiary/aromatic N) is 3. The van der Waals surface area contributed by atoms with E-state index in [-0.39, 0.29) is 21.2 Å². The molecule has 0 fully saturated rings. The molecule has 3 N–H and O–H groups in total. The van der Waals surface area contributed by atoms with Gasteiger partial charge in [-0.1, -0.05) is 11.3 Å². The third-order valence-electron chi connectivity index (χ3n) is 1.66. The average molecular weight is 288 g/mol. The maximum absolute atomic E-state index is 11.8. The minimum atomic E-state index is -3.83. The van der Waals surface area contributed by atoms with Crippen LogP contribution in [-0.2, 0) is 14.8 Å². The van der Waals surface area contributed by atoms with Crippen LogP contribution in [0.15, 0.2) is 16.6 Å². The zero-order valence-corrected chi connectivity index (χ0v) is 10.7. The molecule has 2 aromatic heterocycles. The number of carbonyl (C=O) groups excluding carboxylic acids is 1. The van der Waals surface area contributed by atoms with Crippen molar-refractivity contribution in [3.05, 3.63) is 12.3 Å². The standard InChI is InChI=1S/C7H8N6O3S2/c1-4(14)9-6-11-12-7(17-6)18(15,16)13-5-2-3-8-10-5/h2-3H,1H3,(H2,8,10,13)(H,9,11,14). The van der Waals surface area contributed by atoms with Crippen molar-refractivity contribution in [1.29, 1.82) is 0 Å². The predicted molar refractivity (Wildman–Crippen MR) is 63.6 cm³/mol. The average Bonchev–Trinajstić information content (AvgIpc) is 2.87. The molecule has 0 radical (unpaired) electrons. The van der Waals surface area contributed by atoms with E-state index in [0.29, 0.717) is 0 Å². The van der Waals surface area contributed by atoms with Crippen LogP contribution in [0.3, 0.4) is 0 Å². The molecule has 1 amide bonds. The Morgan fingerprint density at radius 1 is 1.44 bits per heavy atom. The number of carbonyl (C=O) groups is 1. The first kappa shape index (κ1) is 12.4. The molecule has 0 atom stereocenters. The van der Waals surface area contributed by atoms with Crippen LogP contribution in [0.2, 0.25) is 0 Å². The fraction of sp³-hybridized carbons (Fsp3) is 0.143. The SMILES string of the molecule is CC(=O)Nc1nnc(S(=O)(=O)Nc2ccn[nH]2)s1. The maximum Gasteiger partial charge on any atom is 0.292 e. The van der Waals surface area contributed by atoms with Gasteiger partial charge in [0, 0.05) is 13.0 Å². The van der Waals surface area contributed by atoms with Crippen molar-refractivity contribution >= 4 is 38.2 Å². The van der Waals surface area contributed by atoms with Crippen molar-refractivity contribution in [3.8, 4) is 0 Å². The summed E-state index contributed by atoms with van der Waals surface area (Å²) in [7, 11) is -3.83. The molecule has 11 heteroatoms. The lowest BCUT2D eigenvalue weighted by molar-refractivity contribution is -0.114. The first-order valence-corrected chi connectivity index (χ1v) is 6.90. The van der Waals surface area contributed by atoms with Gasteiger partial charge < -0.3 is 5.32 Å². The quantitative estimate of drug-likeness (QED) is 0.680. The first-order valence-electron chi connectivity index (χ1n) is 4.60. The van der Waals surface area contributed by atoms with Crippen molar-refractivity contribution in [3.63, 3.8) is 0 Å². The van der Waals surface area contributed by atoms with Crippen molar-refractivity contribution < 1.29 is 13.2 Å². The highest BCUT2D eigenvalue weighted by Crippen LogP contribution is 2.21. The number of H-pyrrole nitrogens is 1. The fourth-order valence-corrected chi connectivity index (χ4v) is 2.98. The monoisotopic (exact) mass is 288 g/mol. The summed E-state index contributed by atoms with van der Waals surface area (Å²) >= 11 is 0.751. The fourth-order valence-electron chi connectivity index (χ4n) is 1.02. The molecule has 0 aromatic carbocycles. The second-order valence-electron chi connectivity index (χ2n) is 3.13. The minimum absolute atomic E-state index is 0.118. The van der Waals surface area contributed by atoms with E-state index >= 15 is 0 Å². The smallest absolute Gasteiger partial charge is 0.292 e. The molecular weight excluding hydrogens is 280 g/mol. The molecule has 0 aliphatic heterocycles. The second-order valence-corrected chi connectivity index (χ2v) is 5.96. The van der Waals surface area contributed by atoms with Crippen LogP contribution in [0.5, 0.6) is 0 Å². The zero-order valence-electron chi connectivity index (χ0n) is 9.04. The Balaban J connectivity index is 2.19. The van der Waals surface area contributed by atoms with Crippen LogP contribution in [0.4, 0.5) is 10.9 Å². The zero-order chi connectivity index (χ0) is 13.2.